The largest absolute Gasteiger partial charge is 0.466 e. The molecule has 3 heteroatoms. The van der Waals surface area contributed by atoms with Gasteiger partial charge in [0.25, 0.3) is 0 Å². The van der Waals surface area contributed by atoms with E-state index in [0.717, 1.165) is 6.42 Å². The first-order chi connectivity index (χ1) is 9.58. The van der Waals surface area contributed by atoms with Crippen molar-refractivity contribution in [3.63, 3.8) is 0 Å². The molecule has 3 nitrogen and oxygen atoms in total. The van der Waals surface area contributed by atoms with E-state index in [9.17, 15) is 9.90 Å². The SMILES string of the molecule is C=C/C=C(\C)[C@H]1CCCC[C@@H]1CC(O)/C=C/C(=O)OC. The molecule has 0 aromatic heterocycles. The molecule has 1 unspecified atom stereocenters. The summed E-state index contributed by atoms with van der Waals surface area (Å²) in [5.74, 6) is 0.562. The molecule has 0 amide bonds. The van der Waals surface area contributed by atoms with Crippen LogP contribution in [0.5, 0.6) is 0 Å². The highest BCUT2D eigenvalue weighted by Gasteiger charge is 2.27. The zero-order valence-corrected chi connectivity index (χ0v) is 12.5. The summed E-state index contributed by atoms with van der Waals surface area (Å²) in [6.07, 6.45) is 11.6. The van der Waals surface area contributed by atoms with Crippen LogP contribution in [0.15, 0.2) is 36.5 Å². The number of hydrogen-bond acceptors (Lipinski definition) is 3. The third-order valence-corrected chi connectivity index (χ3v) is 4.07. The van der Waals surface area contributed by atoms with E-state index in [-0.39, 0.29) is 0 Å². The Balaban J connectivity index is 2.62. The Morgan fingerprint density at radius 1 is 1.45 bits per heavy atom. The normalized spacial score (nSPS) is 25.4. The molecule has 20 heavy (non-hydrogen) atoms. The van der Waals surface area contributed by atoms with Gasteiger partial charge in [0.1, 0.15) is 0 Å². The van der Waals surface area contributed by atoms with E-state index in [4.69, 9.17) is 0 Å². The lowest BCUT2D eigenvalue weighted by Crippen LogP contribution is -2.24. The van der Waals surface area contributed by atoms with Crippen molar-refractivity contribution in [2.45, 2.75) is 45.1 Å². The summed E-state index contributed by atoms with van der Waals surface area (Å²) in [7, 11) is 1.33. The van der Waals surface area contributed by atoms with Gasteiger partial charge < -0.3 is 9.84 Å². The van der Waals surface area contributed by atoms with Crippen molar-refractivity contribution in [2.24, 2.45) is 11.8 Å². The lowest BCUT2D eigenvalue weighted by atomic mass is 9.73. The minimum absolute atomic E-state index is 0.424. The van der Waals surface area contributed by atoms with Gasteiger partial charge >= 0.3 is 5.97 Å². The lowest BCUT2D eigenvalue weighted by molar-refractivity contribution is -0.134. The lowest BCUT2D eigenvalue weighted by Gasteiger charge is -2.33. The highest BCUT2D eigenvalue weighted by Crippen LogP contribution is 2.37. The van der Waals surface area contributed by atoms with Gasteiger partial charge in [-0.25, -0.2) is 4.79 Å². The fraction of sp³-hybridized carbons (Fsp3) is 0.588. The van der Waals surface area contributed by atoms with E-state index in [1.54, 1.807) is 0 Å². The first-order valence-electron chi connectivity index (χ1n) is 7.32. The second-order valence-electron chi connectivity index (χ2n) is 5.48. The predicted molar refractivity (Wildman–Crippen MR) is 81.2 cm³/mol. The van der Waals surface area contributed by atoms with E-state index in [0.29, 0.717) is 18.3 Å². The van der Waals surface area contributed by atoms with Gasteiger partial charge in [0.2, 0.25) is 0 Å². The molecule has 0 heterocycles. The zero-order chi connectivity index (χ0) is 15.0. The fourth-order valence-electron chi connectivity index (χ4n) is 3.05. The summed E-state index contributed by atoms with van der Waals surface area (Å²) in [6.45, 7) is 5.89. The molecule has 0 aromatic rings. The van der Waals surface area contributed by atoms with Crippen LogP contribution in [0.2, 0.25) is 0 Å². The molecule has 0 radical (unpaired) electrons. The molecule has 112 valence electrons. The molecule has 1 aliphatic rings. The number of aliphatic hydroxyl groups excluding tert-OH is 1. The summed E-state index contributed by atoms with van der Waals surface area (Å²) < 4.78 is 4.52. The summed E-state index contributed by atoms with van der Waals surface area (Å²) in [5.41, 5.74) is 1.34. The summed E-state index contributed by atoms with van der Waals surface area (Å²) >= 11 is 0. The number of methoxy groups -OCH3 is 1. The summed E-state index contributed by atoms with van der Waals surface area (Å²) in [6, 6.07) is 0. The van der Waals surface area contributed by atoms with E-state index in [1.165, 1.54) is 44.1 Å². The van der Waals surface area contributed by atoms with Crippen LogP contribution in [-0.4, -0.2) is 24.3 Å². The van der Waals surface area contributed by atoms with Gasteiger partial charge in [-0.15, -0.1) is 0 Å². The molecule has 0 spiro atoms. The van der Waals surface area contributed by atoms with E-state index in [1.807, 2.05) is 6.08 Å². The second-order valence-corrected chi connectivity index (χ2v) is 5.48. The monoisotopic (exact) mass is 278 g/mol. The average Bonchev–Trinajstić information content (AvgIpc) is 2.45. The molecule has 0 saturated heterocycles. The minimum atomic E-state index is -0.587. The van der Waals surface area contributed by atoms with Gasteiger partial charge in [-0.3, -0.25) is 0 Å². The molecule has 1 fully saturated rings. The Hall–Kier alpha value is -1.35. The Labute approximate surface area is 122 Å². The number of carbonyl (C=O) groups is 1. The smallest absolute Gasteiger partial charge is 0.330 e. The first kappa shape index (κ1) is 16.7. The van der Waals surface area contributed by atoms with Crippen LogP contribution in [0.3, 0.4) is 0 Å². The molecular formula is C17H26O3. The predicted octanol–water partition coefficient (Wildman–Crippen LogP) is 3.41. The Kier molecular flexibility index (Phi) is 7.31. The maximum absolute atomic E-state index is 11.0. The summed E-state index contributed by atoms with van der Waals surface area (Å²) in [5, 5.41) is 10.0. The quantitative estimate of drug-likeness (QED) is 0.460. The van der Waals surface area contributed by atoms with Crippen LogP contribution in [-0.2, 0) is 9.53 Å². The number of hydrogen-bond donors (Lipinski definition) is 1. The van der Waals surface area contributed by atoms with Gasteiger partial charge in [-0.2, -0.15) is 0 Å². The average molecular weight is 278 g/mol. The van der Waals surface area contributed by atoms with Gasteiger partial charge in [0, 0.05) is 6.08 Å². The number of esters is 1. The van der Waals surface area contributed by atoms with Crippen molar-refractivity contribution in [3.8, 4) is 0 Å². The third kappa shape index (κ3) is 5.33. The Morgan fingerprint density at radius 2 is 2.15 bits per heavy atom. The fourth-order valence-corrected chi connectivity index (χ4v) is 3.05. The molecule has 3 atom stereocenters. The molecule has 1 saturated carbocycles. The first-order valence-corrected chi connectivity index (χ1v) is 7.32. The van der Waals surface area contributed by atoms with Gasteiger partial charge in [0.05, 0.1) is 13.2 Å². The number of carbonyl (C=O) groups excluding carboxylic acids is 1. The zero-order valence-electron chi connectivity index (χ0n) is 12.5. The maximum atomic E-state index is 11.0. The maximum Gasteiger partial charge on any atom is 0.330 e. The highest BCUT2D eigenvalue weighted by atomic mass is 16.5. The number of rotatable bonds is 6. The van der Waals surface area contributed by atoms with Gasteiger partial charge in [-0.1, -0.05) is 37.1 Å². The van der Waals surface area contributed by atoms with Crippen molar-refractivity contribution in [1.29, 1.82) is 0 Å². The van der Waals surface area contributed by atoms with Crippen LogP contribution in [0, 0.1) is 11.8 Å². The van der Waals surface area contributed by atoms with Crippen molar-refractivity contribution in [3.05, 3.63) is 36.5 Å². The van der Waals surface area contributed by atoms with Crippen LogP contribution in [0.4, 0.5) is 0 Å². The van der Waals surface area contributed by atoms with Crippen LogP contribution in [0.25, 0.3) is 0 Å². The van der Waals surface area contributed by atoms with Crippen LogP contribution < -0.4 is 0 Å². The summed E-state index contributed by atoms with van der Waals surface area (Å²) in [4.78, 5) is 11.0. The number of allylic oxidation sites excluding steroid dienone is 3. The topological polar surface area (TPSA) is 46.5 Å². The van der Waals surface area contributed by atoms with Crippen LogP contribution >= 0.6 is 0 Å². The molecule has 0 aliphatic heterocycles. The Bertz CT molecular complexity index is 382. The molecular weight excluding hydrogens is 252 g/mol. The highest BCUT2D eigenvalue weighted by molar-refractivity contribution is 5.81. The molecule has 1 rings (SSSR count). The Morgan fingerprint density at radius 3 is 2.80 bits per heavy atom. The standard InChI is InChI=1S/C17H26O3/c1-4-7-13(2)16-9-6-5-8-14(16)12-15(18)10-11-17(19)20-3/h4,7,10-11,14-16,18H,1,5-6,8-9,12H2,2-3H3/b11-10+,13-7+/t14-,15?,16-/m1/s1. The van der Waals surface area contributed by atoms with Crippen molar-refractivity contribution >= 4 is 5.97 Å². The van der Waals surface area contributed by atoms with Gasteiger partial charge in [0.15, 0.2) is 0 Å². The molecule has 1 aliphatic carbocycles. The third-order valence-electron chi connectivity index (χ3n) is 4.07. The molecule has 0 bridgehead atoms. The molecule has 1 N–H and O–H groups in total. The van der Waals surface area contributed by atoms with Gasteiger partial charge in [-0.05, 0) is 44.1 Å². The second kappa shape index (κ2) is 8.75. The van der Waals surface area contributed by atoms with E-state index >= 15 is 0 Å². The molecule has 0 aromatic carbocycles. The van der Waals surface area contributed by atoms with E-state index in [2.05, 4.69) is 24.3 Å². The minimum Gasteiger partial charge on any atom is -0.466 e. The van der Waals surface area contributed by atoms with Crippen LogP contribution in [0.1, 0.15) is 39.0 Å². The van der Waals surface area contributed by atoms with Crippen molar-refractivity contribution in [1.82, 2.24) is 0 Å². The van der Waals surface area contributed by atoms with Crippen molar-refractivity contribution in [2.75, 3.05) is 7.11 Å². The van der Waals surface area contributed by atoms with E-state index < -0.39 is 12.1 Å². The number of aliphatic hydroxyl groups is 1. The number of ether oxygens (including phenoxy) is 1. The van der Waals surface area contributed by atoms with Crippen molar-refractivity contribution < 1.29 is 14.6 Å².